The molecule has 1 aromatic heterocycles. The van der Waals surface area contributed by atoms with E-state index in [4.69, 9.17) is 0 Å². The molecule has 3 aromatic rings. The average molecular weight is 365 g/mol. The number of nitrogens with one attached hydrogen (secondary N) is 2. The van der Waals surface area contributed by atoms with Gasteiger partial charge >= 0.3 is 11.8 Å². The molecule has 0 radical (unpaired) electrons. The Labute approximate surface area is 157 Å². The summed E-state index contributed by atoms with van der Waals surface area (Å²) in [6, 6.07) is 13.1. The fraction of sp³-hybridized carbons (Fsp3) is 0.238. The van der Waals surface area contributed by atoms with E-state index in [0.717, 1.165) is 22.0 Å². The molecule has 0 aliphatic rings. The number of carbonyl (C=O) groups is 2. The molecule has 2 amide bonds. The molecule has 2 aromatic carbocycles. The lowest BCUT2D eigenvalue weighted by Crippen LogP contribution is -2.37. The minimum absolute atomic E-state index is 0.0443. The molecule has 27 heavy (non-hydrogen) atoms. The van der Waals surface area contributed by atoms with E-state index in [0.29, 0.717) is 11.3 Å². The first-order valence-corrected chi connectivity index (χ1v) is 8.75. The number of aryl methyl sites for hydroxylation is 2. The molecule has 0 spiro atoms. The van der Waals surface area contributed by atoms with Crippen LogP contribution in [0.2, 0.25) is 0 Å². The third kappa shape index (κ3) is 4.01. The average Bonchev–Trinajstić information content (AvgIpc) is 3.03. The van der Waals surface area contributed by atoms with E-state index >= 15 is 0 Å². The number of anilines is 1. The van der Waals surface area contributed by atoms with Gasteiger partial charge in [-0.3, -0.25) is 9.59 Å². The summed E-state index contributed by atoms with van der Waals surface area (Å²) in [5.74, 6) is -1.54. The molecule has 6 heteroatoms. The first-order valence-electron chi connectivity index (χ1n) is 8.75. The number of benzene rings is 2. The number of nitrogens with zero attached hydrogens (tertiary/aromatic N) is 1. The Morgan fingerprint density at radius 2 is 1.89 bits per heavy atom. The molecule has 3 rings (SSSR count). The first kappa shape index (κ1) is 18.7. The van der Waals surface area contributed by atoms with Gasteiger partial charge in [0.15, 0.2) is 0 Å². The minimum Gasteiger partial charge on any atom is -0.387 e. The number of aromatic nitrogens is 1. The summed E-state index contributed by atoms with van der Waals surface area (Å²) in [6.07, 6.45) is 1.05. The highest BCUT2D eigenvalue weighted by molar-refractivity contribution is 6.39. The molecule has 0 fully saturated rings. The van der Waals surface area contributed by atoms with E-state index in [1.165, 1.54) is 0 Å². The number of hydrogen-bond donors (Lipinski definition) is 3. The van der Waals surface area contributed by atoms with Crippen LogP contribution in [-0.2, 0) is 16.6 Å². The number of amides is 2. The molecule has 0 saturated carbocycles. The third-order valence-corrected chi connectivity index (χ3v) is 4.81. The van der Waals surface area contributed by atoms with Crippen LogP contribution in [0.1, 0.15) is 22.8 Å². The van der Waals surface area contributed by atoms with E-state index in [9.17, 15) is 14.7 Å². The van der Waals surface area contributed by atoms with Crippen LogP contribution >= 0.6 is 0 Å². The zero-order valence-electron chi connectivity index (χ0n) is 15.6. The van der Waals surface area contributed by atoms with Crippen LogP contribution in [0.4, 0.5) is 5.69 Å². The van der Waals surface area contributed by atoms with Gasteiger partial charge in [-0.2, -0.15) is 0 Å². The molecule has 1 heterocycles. The maximum absolute atomic E-state index is 12.1. The van der Waals surface area contributed by atoms with Gasteiger partial charge in [-0.25, -0.2) is 0 Å². The van der Waals surface area contributed by atoms with E-state index < -0.39 is 17.9 Å². The lowest BCUT2D eigenvalue weighted by Gasteiger charge is -2.13. The van der Waals surface area contributed by atoms with E-state index in [1.54, 1.807) is 6.07 Å². The topological polar surface area (TPSA) is 83.4 Å². The largest absolute Gasteiger partial charge is 0.387 e. The van der Waals surface area contributed by atoms with E-state index in [2.05, 4.69) is 10.6 Å². The molecule has 6 nitrogen and oxygen atoms in total. The zero-order valence-corrected chi connectivity index (χ0v) is 15.6. The molecule has 0 bridgehead atoms. The second-order valence-corrected chi connectivity index (χ2v) is 6.67. The van der Waals surface area contributed by atoms with Crippen molar-refractivity contribution < 1.29 is 14.7 Å². The van der Waals surface area contributed by atoms with Gasteiger partial charge < -0.3 is 20.3 Å². The van der Waals surface area contributed by atoms with Crippen LogP contribution in [0.25, 0.3) is 10.9 Å². The lowest BCUT2D eigenvalue weighted by atomic mass is 10.1. The van der Waals surface area contributed by atoms with E-state index in [1.807, 2.05) is 68.1 Å². The predicted octanol–water partition coefficient (Wildman–Crippen LogP) is 2.58. The van der Waals surface area contributed by atoms with Crippen LogP contribution in [0.5, 0.6) is 0 Å². The normalized spacial score (nSPS) is 12.0. The second-order valence-electron chi connectivity index (χ2n) is 6.67. The monoisotopic (exact) mass is 365 g/mol. The van der Waals surface area contributed by atoms with Crippen LogP contribution in [0.3, 0.4) is 0 Å². The van der Waals surface area contributed by atoms with Gasteiger partial charge in [0.1, 0.15) is 0 Å². The number of aliphatic hydroxyl groups excluding tert-OH is 1. The Bertz CT molecular complexity index is 1010. The van der Waals surface area contributed by atoms with Crippen molar-refractivity contribution >= 4 is 28.4 Å². The number of rotatable bonds is 4. The van der Waals surface area contributed by atoms with E-state index in [-0.39, 0.29) is 6.54 Å². The van der Waals surface area contributed by atoms with Crippen molar-refractivity contribution in [2.45, 2.75) is 20.0 Å². The highest BCUT2D eigenvalue weighted by Crippen LogP contribution is 2.21. The van der Waals surface area contributed by atoms with Crippen LogP contribution in [0.15, 0.2) is 48.7 Å². The van der Waals surface area contributed by atoms with Gasteiger partial charge in [-0.1, -0.05) is 18.2 Å². The molecule has 1 atom stereocenters. The molecule has 0 aliphatic carbocycles. The summed E-state index contributed by atoms with van der Waals surface area (Å²) in [5.41, 5.74) is 4.28. The Balaban J connectivity index is 1.60. The first-order chi connectivity index (χ1) is 12.9. The molecule has 3 N–H and O–H groups in total. The van der Waals surface area contributed by atoms with Crippen molar-refractivity contribution in [2.75, 3.05) is 11.9 Å². The number of aliphatic hydroxyl groups is 1. The molecular formula is C21H23N3O3. The highest BCUT2D eigenvalue weighted by atomic mass is 16.3. The summed E-state index contributed by atoms with van der Waals surface area (Å²) >= 11 is 0. The highest BCUT2D eigenvalue weighted by Gasteiger charge is 2.17. The molecule has 140 valence electrons. The quantitative estimate of drug-likeness (QED) is 0.622. The Morgan fingerprint density at radius 1 is 1.11 bits per heavy atom. The predicted molar refractivity (Wildman–Crippen MR) is 105 cm³/mol. The summed E-state index contributed by atoms with van der Waals surface area (Å²) in [7, 11) is 1.95. The van der Waals surface area contributed by atoms with Gasteiger partial charge in [0, 0.05) is 31.0 Å². The molecular weight excluding hydrogens is 342 g/mol. The number of hydrogen-bond acceptors (Lipinski definition) is 3. The van der Waals surface area contributed by atoms with Crippen LogP contribution in [0, 0.1) is 13.8 Å². The standard InChI is InChI=1S/C21H23N3O3/c1-13-5-4-6-17(14(13)2)23-21(27)20(26)22-12-19(25)16-7-8-18-15(11-16)9-10-24(18)3/h4-11,19,25H,12H2,1-3H3,(H,22,26)(H,23,27)/t19-/m1/s1. The van der Waals surface area contributed by atoms with Crippen LogP contribution in [-0.4, -0.2) is 28.0 Å². The van der Waals surface area contributed by atoms with Crippen molar-refractivity contribution in [1.82, 2.24) is 9.88 Å². The molecule has 0 aliphatic heterocycles. The summed E-state index contributed by atoms with van der Waals surface area (Å²) < 4.78 is 1.99. The second kappa shape index (κ2) is 7.63. The van der Waals surface area contributed by atoms with Gasteiger partial charge in [-0.15, -0.1) is 0 Å². The molecule has 0 unspecified atom stereocenters. The van der Waals surface area contributed by atoms with Gasteiger partial charge in [0.05, 0.1) is 6.10 Å². The SMILES string of the molecule is Cc1cccc(NC(=O)C(=O)NC[C@@H](O)c2ccc3c(ccn3C)c2)c1C. The van der Waals surface area contributed by atoms with Crippen LogP contribution < -0.4 is 10.6 Å². The van der Waals surface area contributed by atoms with Gasteiger partial charge in [0.25, 0.3) is 0 Å². The van der Waals surface area contributed by atoms with Gasteiger partial charge in [-0.05, 0) is 60.2 Å². The van der Waals surface area contributed by atoms with Crippen molar-refractivity contribution in [3.05, 3.63) is 65.4 Å². The number of fused-ring (bicyclic) bond motifs is 1. The van der Waals surface area contributed by atoms with Crippen molar-refractivity contribution in [2.24, 2.45) is 7.05 Å². The Morgan fingerprint density at radius 3 is 2.67 bits per heavy atom. The Kier molecular flexibility index (Phi) is 5.28. The minimum atomic E-state index is -0.896. The number of carbonyl (C=O) groups excluding carboxylic acids is 2. The summed E-state index contributed by atoms with van der Waals surface area (Å²) in [5, 5.41) is 16.4. The van der Waals surface area contributed by atoms with Crippen molar-refractivity contribution in [1.29, 1.82) is 0 Å². The smallest absolute Gasteiger partial charge is 0.313 e. The lowest BCUT2D eigenvalue weighted by molar-refractivity contribution is -0.136. The fourth-order valence-electron chi connectivity index (χ4n) is 2.96. The van der Waals surface area contributed by atoms with Crippen molar-refractivity contribution in [3.8, 4) is 0 Å². The van der Waals surface area contributed by atoms with Crippen molar-refractivity contribution in [3.63, 3.8) is 0 Å². The summed E-state index contributed by atoms with van der Waals surface area (Å²) in [6.45, 7) is 3.77. The Hall–Kier alpha value is -3.12. The summed E-state index contributed by atoms with van der Waals surface area (Å²) in [4.78, 5) is 24.2. The maximum atomic E-state index is 12.1. The fourth-order valence-corrected chi connectivity index (χ4v) is 2.96. The molecule has 0 saturated heterocycles. The maximum Gasteiger partial charge on any atom is 0.313 e. The third-order valence-electron chi connectivity index (χ3n) is 4.81. The van der Waals surface area contributed by atoms with Gasteiger partial charge in [0.2, 0.25) is 0 Å². The zero-order chi connectivity index (χ0) is 19.6.